The molecule has 0 aliphatic heterocycles. The Bertz CT molecular complexity index is 1280. The minimum atomic E-state index is -3.91. The van der Waals surface area contributed by atoms with Crippen molar-refractivity contribution in [3.63, 3.8) is 0 Å². The Balaban J connectivity index is 1.62. The monoisotopic (exact) mass is 457 g/mol. The summed E-state index contributed by atoms with van der Waals surface area (Å²) in [4.78, 5) is 14.1. The van der Waals surface area contributed by atoms with E-state index in [1.54, 1.807) is 12.1 Å². The van der Waals surface area contributed by atoms with Gasteiger partial charge in [-0.3, -0.25) is 9.52 Å². The lowest BCUT2D eigenvalue weighted by Crippen LogP contribution is -2.18. The van der Waals surface area contributed by atoms with E-state index in [1.807, 2.05) is 0 Å². The second-order valence-corrected chi connectivity index (χ2v) is 9.96. The first kappa shape index (κ1) is 20.4. The molecule has 1 amide bonds. The molecule has 0 saturated heterocycles. The third-order valence-corrected chi connectivity index (χ3v) is 7.64. The summed E-state index contributed by atoms with van der Waals surface area (Å²) in [6.07, 6.45) is 2.75. The summed E-state index contributed by atoms with van der Waals surface area (Å²) in [6.45, 7) is 0. The third kappa shape index (κ3) is 3.92. The first-order chi connectivity index (χ1) is 14.4. The molecule has 0 bridgehead atoms. The van der Waals surface area contributed by atoms with Crippen LogP contribution in [0.5, 0.6) is 0 Å². The predicted molar refractivity (Wildman–Crippen MR) is 118 cm³/mol. The molecular formula is C21H16ClN3O3S2. The van der Waals surface area contributed by atoms with E-state index < -0.39 is 15.9 Å². The van der Waals surface area contributed by atoms with E-state index in [0.29, 0.717) is 15.6 Å². The quantitative estimate of drug-likeness (QED) is 0.574. The molecule has 152 valence electrons. The predicted octanol–water partition coefficient (Wildman–Crippen LogP) is 4.81. The van der Waals surface area contributed by atoms with Crippen molar-refractivity contribution in [3.8, 4) is 6.07 Å². The number of sulfonamides is 1. The molecule has 1 heterocycles. The number of benzene rings is 2. The average molecular weight is 458 g/mol. The van der Waals surface area contributed by atoms with Gasteiger partial charge in [0.2, 0.25) is 0 Å². The number of para-hydroxylation sites is 1. The molecule has 30 heavy (non-hydrogen) atoms. The van der Waals surface area contributed by atoms with Crippen molar-refractivity contribution in [3.05, 3.63) is 75.1 Å². The zero-order valence-corrected chi connectivity index (χ0v) is 18.0. The first-order valence-electron chi connectivity index (χ1n) is 9.12. The number of amides is 1. The molecule has 1 aliphatic rings. The fourth-order valence-electron chi connectivity index (χ4n) is 3.37. The maximum atomic E-state index is 12.9. The van der Waals surface area contributed by atoms with Crippen molar-refractivity contribution in [2.75, 3.05) is 10.0 Å². The Morgan fingerprint density at radius 2 is 1.83 bits per heavy atom. The van der Waals surface area contributed by atoms with Crippen LogP contribution >= 0.6 is 22.9 Å². The molecule has 4 rings (SSSR count). The topological polar surface area (TPSA) is 99.1 Å². The maximum Gasteiger partial charge on any atom is 0.261 e. The van der Waals surface area contributed by atoms with E-state index in [2.05, 4.69) is 16.1 Å². The largest absolute Gasteiger partial charge is 0.312 e. The minimum Gasteiger partial charge on any atom is -0.312 e. The third-order valence-electron chi connectivity index (χ3n) is 4.80. The molecular weight excluding hydrogens is 442 g/mol. The van der Waals surface area contributed by atoms with E-state index in [1.165, 1.54) is 47.7 Å². The summed E-state index contributed by atoms with van der Waals surface area (Å²) in [7, 11) is -3.91. The zero-order chi connectivity index (χ0) is 21.3. The Hall–Kier alpha value is -2.86. The van der Waals surface area contributed by atoms with Crippen LogP contribution in [0.15, 0.2) is 53.4 Å². The summed E-state index contributed by atoms with van der Waals surface area (Å²) in [5, 5.41) is 13.2. The molecule has 1 aromatic heterocycles. The van der Waals surface area contributed by atoms with Crippen LogP contribution in [0.1, 0.15) is 32.8 Å². The molecule has 2 N–H and O–H groups in total. The number of nitrogens with one attached hydrogen (secondary N) is 2. The molecule has 6 nitrogen and oxygen atoms in total. The van der Waals surface area contributed by atoms with Crippen molar-refractivity contribution >= 4 is 49.6 Å². The van der Waals surface area contributed by atoms with E-state index in [9.17, 15) is 18.5 Å². The number of carbonyl (C=O) groups is 1. The Morgan fingerprint density at radius 3 is 2.57 bits per heavy atom. The fourth-order valence-corrected chi connectivity index (χ4v) is 5.81. The van der Waals surface area contributed by atoms with Gasteiger partial charge < -0.3 is 5.32 Å². The van der Waals surface area contributed by atoms with Crippen molar-refractivity contribution in [2.45, 2.75) is 24.2 Å². The number of hydrogen-bond donors (Lipinski definition) is 2. The maximum absolute atomic E-state index is 12.9. The van der Waals surface area contributed by atoms with Gasteiger partial charge >= 0.3 is 0 Å². The van der Waals surface area contributed by atoms with Crippen LogP contribution in [0.2, 0.25) is 5.02 Å². The highest BCUT2D eigenvalue weighted by Crippen LogP contribution is 2.39. The Kier molecular flexibility index (Phi) is 5.52. The number of thiophene rings is 1. The number of aryl methyl sites for hydroxylation is 1. The van der Waals surface area contributed by atoms with Crippen LogP contribution in [0.4, 0.5) is 10.7 Å². The number of anilines is 2. The average Bonchev–Trinajstić information content (AvgIpc) is 3.29. The smallest absolute Gasteiger partial charge is 0.261 e. The van der Waals surface area contributed by atoms with Crippen molar-refractivity contribution in [2.24, 2.45) is 0 Å². The highest BCUT2D eigenvalue weighted by molar-refractivity contribution is 7.92. The van der Waals surface area contributed by atoms with Gasteiger partial charge in [-0.05, 0) is 61.2 Å². The molecule has 0 unspecified atom stereocenters. The van der Waals surface area contributed by atoms with E-state index >= 15 is 0 Å². The molecule has 9 heteroatoms. The van der Waals surface area contributed by atoms with Gasteiger partial charge in [-0.2, -0.15) is 5.26 Å². The summed E-state index contributed by atoms with van der Waals surface area (Å²) in [5.74, 6) is -0.485. The van der Waals surface area contributed by atoms with Gasteiger partial charge in [-0.25, -0.2) is 8.42 Å². The van der Waals surface area contributed by atoms with Crippen LogP contribution < -0.4 is 10.0 Å². The van der Waals surface area contributed by atoms with E-state index in [0.717, 1.165) is 29.7 Å². The van der Waals surface area contributed by atoms with Crippen molar-refractivity contribution in [1.29, 1.82) is 5.26 Å². The van der Waals surface area contributed by atoms with Gasteiger partial charge in [0.15, 0.2) is 0 Å². The number of halogens is 1. The van der Waals surface area contributed by atoms with Crippen LogP contribution in [-0.4, -0.2) is 14.3 Å². The number of rotatable bonds is 5. The van der Waals surface area contributed by atoms with Crippen LogP contribution in [-0.2, 0) is 22.9 Å². The van der Waals surface area contributed by atoms with Crippen LogP contribution in [0.25, 0.3) is 0 Å². The molecule has 0 saturated carbocycles. The second kappa shape index (κ2) is 8.11. The Morgan fingerprint density at radius 1 is 1.10 bits per heavy atom. The summed E-state index contributed by atoms with van der Waals surface area (Å²) in [6, 6.07) is 14.3. The van der Waals surface area contributed by atoms with Crippen molar-refractivity contribution in [1.82, 2.24) is 0 Å². The standard InChI is InChI=1S/C21H16ClN3O3S2/c22-13-8-10-14(11-9-13)30(27,28)25-18-6-2-1-4-16(18)20(26)24-21-17(12-23)15-5-3-7-19(15)29-21/h1-2,4,6,8-11,25H,3,5,7H2,(H,24,26). The fraction of sp³-hybridized carbons (Fsp3) is 0.143. The molecule has 0 fully saturated rings. The zero-order valence-electron chi connectivity index (χ0n) is 15.6. The summed E-state index contributed by atoms with van der Waals surface area (Å²) in [5.41, 5.74) is 1.81. The lowest BCUT2D eigenvalue weighted by molar-refractivity contribution is 0.102. The number of nitriles is 1. The van der Waals surface area contributed by atoms with Gasteiger partial charge in [0.1, 0.15) is 11.1 Å². The van der Waals surface area contributed by atoms with Gasteiger partial charge in [0, 0.05) is 9.90 Å². The Labute approximate surface area is 183 Å². The lowest BCUT2D eigenvalue weighted by Gasteiger charge is -2.12. The summed E-state index contributed by atoms with van der Waals surface area (Å²) >= 11 is 7.24. The molecule has 1 aliphatic carbocycles. The van der Waals surface area contributed by atoms with Crippen molar-refractivity contribution < 1.29 is 13.2 Å². The van der Waals surface area contributed by atoms with E-state index in [4.69, 9.17) is 11.6 Å². The molecule has 3 aromatic rings. The van der Waals surface area contributed by atoms with Gasteiger partial charge in [0.25, 0.3) is 15.9 Å². The molecule has 0 atom stereocenters. The van der Waals surface area contributed by atoms with Gasteiger partial charge in [0.05, 0.1) is 21.7 Å². The minimum absolute atomic E-state index is 0.0311. The number of fused-ring (bicyclic) bond motifs is 1. The number of hydrogen-bond acceptors (Lipinski definition) is 5. The molecule has 0 radical (unpaired) electrons. The van der Waals surface area contributed by atoms with E-state index in [-0.39, 0.29) is 16.1 Å². The van der Waals surface area contributed by atoms with Gasteiger partial charge in [-0.15, -0.1) is 11.3 Å². The normalized spacial score (nSPS) is 12.8. The highest BCUT2D eigenvalue weighted by Gasteiger charge is 2.24. The first-order valence-corrected chi connectivity index (χ1v) is 11.8. The number of carbonyl (C=O) groups excluding carboxylic acids is 1. The van der Waals surface area contributed by atoms with Crippen LogP contribution in [0, 0.1) is 11.3 Å². The summed E-state index contributed by atoms with van der Waals surface area (Å²) < 4.78 is 27.9. The SMILES string of the molecule is N#Cc1c(NC(=O)c2ccccc2NS(=O)(=O)c2ccc(Cl)cc2)sc2c1CCC2. The second-order valence-electron chi connectivity index (χ2n) is 6.73. The lowest BCUT2D eigenvalue weighted by atomic mass is 10.1. The van der Waals surface area contributed by atoms with Gasteiger partial charge in [-0.1, -0.05) is 23.7 Å². The molecule has 2 aromatic carbocycles. The van der Waals surface area contributed by atoms with Crippen LogP contribution in [0.3, 0.4) is 0 Å². The molecule has 0 spiro atoms. The highest BCUT2D eigenvalue weighted by atomic mass is 35.5. The number of nitrogens with zero attached hydrogens (tertiary/aromatic N) is 1.